The van der Waals surface area contributed by atoms with Gasteiger partial charge in [0.05, 0.1) is 11.6 Å². The normalized spacial score (nSPS) is 15.2. The zero-order valence-corrected chi connectivity index (χ0v) is 14.6. The standard InChI is InChI=1S/C16H21ClN2OS/c1-10-7-6-8-12-9-13(15(17)18-14(10)12)11(2)19-21(20)16(3,4)5/h6-9,11,19H,1-5H3/t11-,21+/m0/s1. The van der Waals surface area contributed by atoms with Gasteiger partial charge < -0.3 is 4.55 Å². The molecule has 21 heavy (non-hydrogen) atoms. The summed E-state index contributed by atoms with van der Waals surface area (Å²) in [6.07, 6.45) is 0. The van der Waals surface area contributed by atoms with Crippen molar-refractivity contribution in [1.29, 1.82) is 0 Å². The van der Waals surface area contributed by atoms with E-state index in [4.69, 9.17) is 11.6 Å². The minimum absolute atomic E-state index is 0.130. The zero-order chi connectivity index (χ0) is 15.8. The fourth-order valence-corrected chi connectivity index (χ4v) is 3.15. The molecule has 0 fully saturated rings. The number of pyridine rings is 1. The molecule has 1 aromatic carbocycles. The molecule has 0 saturated carbocycles. The average Bonchev–Trinajstić information content (AvgIpc) is 2.38. The van der Waals surface area contributed by atoms with Crippen LogP contribution in [0.15, 0.2) is 24.3 Å². The second kappa shape index (κ2) is 6.13. The molecule has 2 atom stereocenters. The van der Waals surface area contributed by atoms with E-state index in [9.17, 15) is 4.55 Å². The highest BCUT2D eigenvalue weighted by atomic mass is 35.5. The van der Waals surface area contributed by atoms with Crippen LogP contribution < -0.4 is 4.72 Å². The van der Waals surface area contributed by atoms with Gasteiger partial charge >= 0.3 is 0 Å². The van der Waals surface area contributed by atoms with Gasteiger partial charge in [-0.05, 0) is 46.2 Å². The molecule has 0 spiro atoms. The van der Waals surface area contributed by atoms with Crippen LogP contribution in [0.4, 0.5) is 0 Å². The molecule has 0 aliphatic rings. The molecule has 0 radical (unpaired) electrons. The van der Waals surface area contributed by atoms with E-state index in [0.717, 1.165) is 22.0 Å². The van der Waals surface area contributed by atoms with Gasteiger partial charge in [-0.3, -0.25) is 0 Å². The summed E-state index contributed by atoms with van der Waals surface area (Å²) < 4.78 is 15.0. The van der Waals surface area contributed by atoms with Gasteiger partial charge in [-0.15, -0.1) is 4.72 Å². The zero-order valence-electron chi connectivity index (χ0n) is 13.0. The number of fused-ring (bicyclic) bond motifs is 1. The van der Waals surface area contributed by atoms with Gasteiger partial charge in [0, 0.05) is 22.3 Å². The van der Waals surface area contributed by atoms with Crippen LogP contribution in [0.1, 0.15) is 44.9 Å². The van der Waals surface area contributed by atoms with Crippen molar-refractivity contribution in [3.05, 3.63) is 40.5 Å². The fraction of sp³-hybridized carbons (Fsp3) is 0.438. The van der Waals surface area contributed by atoms with Crippen LogP contribution in [0, 0.1) is 6.92 Å². The van der Waals surface area contributed by atoms with Crippen molar-refractivity contribution in [3.8, 4) is 0 Å². The van der Waals surface area contributed by atoms with Crippen LogP contribution in [0.3, 0.4) is 0 Å². The maximum atomic E-state index is 12.2. The van der Waals surface area contributed by atoms with Crippen molar-refractivity contribution < 1.29 is 4.55 Å². The summed E-state index contributed by atoms with van der Waals surface area (Å²) in [6.45, 7) is 9.78. The van der Waals surface area contributed by atoms with E-state index in [1.54, 1.807) is 0 Å². The van der Waals surface area contributed by atoms with E-state index >= 15 is 0 Å². The van der Waals surface area contributed by atoms with E-state index in [-0.39, 0.29) is 10.8 Å². The molecule has 0 aliphatic heterocycles. The molecule has 1 heterocycles. The summed E-state index contributed by atoms with van der Waals surface area (Å²) in [5, 5.41) is 1.51. The van der Waals surface area contributed by atoms with Gasteiger partial charge in [-0.2, -0.15) is 0 Å². The number of aryl methyl sites for hydroxylation is 1. The number of rotatable bonds is 3. The molecule has 0 saturated heterocycles. The summed E-state index contributed by atoms with van der Waals surface area (Å²) in [5.74, 6) is 0. The third kappa shape index (κ3) is 3.69. The summed E-state index contributed by atoms with van der Waals surface area (Å²) in [4.78, 5) is 4.49. The number of aromatic nitrogens is 1. The Morgan fingerprint density at radius 3 is 2.62 bits per heavy atom. The topological polar surface area (TPSA) is 48.0 Å². The quantitative estimate of drug-likeness (QED) is 0.676. The van der Waals surface area contributed by atoms with Gasteiger partial charge in [-0.1, -0.05) is 29.8 Å². The average molecular weight is 325 g/mol. The van der Waals surface area contributed by atoms with Crippen LogP contribution in [-0.4, -0.2) is 14.3 Å². The number of hydrogen-bond donors (Lipinski definition) is 1. The first-order valence-electron chi connectivity index (χ1n) is 6.94. The fourth-order valence-electron chi connectivity index (χ4n) is 2.05. The first-order valence-corrected chi connectivity index (χ1v) is 8.46. The second-order valence-corrected chi connectivity index (χ2v) is 8.59. The molecular formula is C16H21ClN2OS. The van der Waals surface area contributed by atoms with Crippen LogP contribution in [0.25, 0.3) is 10.9 Å². The number of benzene rings is 1. The van der Waals surface area contributed by atoms with Crippen LogP contribution in [0.2, 0.25) is 5.15 Å². The Morgan fingerprint density at radius 1 is 1.33 bits per heavy atom. The van der Waals surface area contributed by atoms with Gasteiger partial charge in [0.2, 0.25) is 0 Å². The lowest BCUT2D eigenvalue weighted by Crippen LogP contribution is -2.40. The highest BCUT2D eigenvalue weighted by Crippen LogP contribution is 2.28. The third-order valence-electron chi connectivity index (χ3n) is 3.33. The highest BCUT2D eigenvalue weighted by Gasteiger charge is 2.29. The maximum absolute atomic E-state index is 12.2. The van der Waals surface area contributed by atoms with Gasteiger partial charge in [-0.25, -0.2) is 4.98 Å². The van der Waals surface area contributed by atoms with E-state index < -0.39 is 11.4 Å². The largest absolute Gasteiger partial charge is 0.598 e. The molecule has 0 amide bonds. The Morgan fingerprint density at radius 2 is 2.00 bits per heavy atom. The molecule has 114 valence electrons. The van der Waals surface area contributed by atoms with Crippen LogP contribution >= 0.6 is 11.6 Å². The monoisotopic (exact) mass is 324 g/mol. The van der Waals surface area contributed by atoms with Crippen LogP contribution in [-0.2, 0) is 11.4 Å². The lowest BCUT2D eigenvalue weighted by molar-refractivity contribution is 0.531. The maximum Gasteiger partial charge on any atom is 0.136 e. The summed E-state index contributed by atoms with van der Waals surface area (Å²) in [7, 11) is 0. The predicted molar refractivity (Wildman–Crippen MR) is 90.9 cm³/mol. The number of halogens is 1. The molecule has 5 heteroatoms. The number of para-hydroxylation sites is 1. The molecule has 3 nitrogen and oxygen atoms in total. The minimum Gasteiger partial charge on any atom is -0.598 e. The molecule has 1 aromatic heterocycles. The lowest BCUT2D eigenvalue weighted by Gasteiger charge is -2.26. The first-order chi connectivity index (χ1) is 9.70. The molecular weight excluding hydrogens is 304 g/mol. The summed E-state index contributed by atoms with van der Waals surface area (Å²) in [5.41, 5.74) is 2.88. The molecule has 2 aromatic rings. The molecule has 0 unspecified atom stereocenters. The second-order valence-electron chi connectivity index (χ2n) is 6.24. The lowest BCUT2D eigenvalue weighted by atomic mass is 10.1. The molecule has 1 N–H and O–H groups in total. The Balaban J connectivity index is 2.36. The van der Waals surface area contributed by atoms with Crippen molar-refractivity contribution in [2.45, 2.75) is 45.4 Å². The summed E-state index contributed by atoms with van der Waals surface area (Å²) >= 11 is 5.17. The smallest absolute Gasteiger partial charge is 0.136 e. The van der Waals surface area contributed by atoms with Crippen molar-refractivity contribution in [2.75, 3.05) is 0 Å². The van der Waals surface area contributed by atoms with Crippen molar-refractivity contribution >= 4 is 33.9 Å². The Kier molecular flexibility index (Phi) is 4.83. The van der Waals surface area contributed by atoms with Crippen molar-refractivity contribution in [2.24, 2.45) is 0 Å². The van der Waals surface area contributed by atoms with Gasteiger partial charge in [0.1, 0.15) is 9.90 Å². The van der Waals surface area contributed by atoms with E-state index in [0.29, 0.717) is 5.15 Å². The number of nitrogens with zero attached hydrogens (tertiary/aromatic N) is 1. The van der Waals surface area contributed by atoms with Gasteiger partial charge in [0.15, 0.2) is 0 Å². The van der Waals surface area contributed by atoms with Gasteiger partial charge in [0.25, 0.3) is 0 Å². The van der Waals surface area contributed by atoms with Crippen molar-refractivity contribution in [1.82, 2.24) is 9.71 Å². The SMILES string of the molecule is Cc1cccc2cc([C@H](C)N[S@+]([O-])C(C)(C)C)c(Cl)nc12. The van der Waals surface area contributed by atoms with Crippen molar-refractivity contribution in [3.63, 3.8) is 0 Å². The molecule has 0 aliphatic carbocycles. The molecule has 2 rings (SSSR count). The molecule has 0 bridgehead atoms. The first kappa shape index (κ1) is 16.6. The van der Waals surface area contributed by atoms with E-state index in [1.165, 1.54) is 0 Å². The third-order valence-corrected chi connectivity index (χ3v) is 5.32. The Hall–Kier alpha value is -0.810. The van der Waals surface area contributed by atoms with E-state index in [2.05, 4.69) is 9.71 Å². The number of hydrogen-bond acceptors (Lipinski definition) is 3. The highest BCUT2D eigenvalue weighted by molar-refractivity contribution is 7.90. The minimum atomic E-state index is -1.15. The van der Waals surface area contributed by atoms with Crippen LogP contribution in [0.5, 0.6) is 0 Å². The van der Waals surface area contributed by atoms with E-state index in [1.807, 2.05) is 58.9 Å². The summed E-state index contributed by atoms with van der Waals surface area (Å²) in [6, 6.07) is 7.93. The Bertz CT molecular complexity index is 655. The Labute approximate surface area is 134 Å². The predicted octanol–water partition coefficient (Wildman–Crippen LogP) is 4.31. The number of nitrogens with one attached hydrogen (secondary N) is 1.